The molecule has 82 valence electrons. The van der Waals surface area contributed by atoms with Gasteiger partial charge in [-0.15, -0.1) is 0 Å². The molecule has 1 saturated carbocycles. The molecule has 0 amide bonds. The molecule has 0 aliphatic heterocycles. The summed E-state index contributed by atoms with van der Waals surface area (Å²) in [5, 5.41) is 3.43. The molecule has 1 N–H and O–H groups in total. The zero-order valence-electron chi connectivity index (χ0n) is 9.07. The zero-order valence-corrected chi connectivity index (χ0v) is 9.07. The summed E-state index contributed by atoms with van der Waals surface area (Å²) in [6.45, 7) is 1.53. The second-order valence-electron chi connectivity index (χ2n) is 3.86. The summed E-state index contributed by atoms with van der Waals surface area (Å²) in [6, 6.07) is 2.69. The van der Waals surface area contributed by atoms with Crippen molar-refractivity contribution < 1.29 is 4.74 Å². The fraction of sp³-hybridized carbons (Fsp3) is 0.636. The lowest BCUT2D eigenvalue weighted by molar-refractivity contribution is 0.200. The molecule has 2 rings (SSSR count). The summed E-state index contributed by atoms with van der Waals surface area (Å²) in [5.74, 6) is 0.868. The van der Waals surface area contributed by atoms with Gasteiger partial charge in [-0.2, -0.15) is 0 Å². The molecule has 0 atom stereocenters. The van der Waals surface area contributed by atoms with Gasteiger partial charge in [-0.05, 0) is 18.9 Å². The molecule has 0 aromatic carbocycles. The standard InChI is InChI=1S/C11H17N3O/c1-15-7-5-11-12-6-4-10(14-11)8-13-9-2-3-9/h4,6,9,13H,2-3,5,7-8H2,1H3. The van der Waals surface area contributed by atoms with E-state index in [1.807, 2.05) is 12.3 Å². The maximum atomic E-state index is 5.00. The van der Waals surface area contributed by atoms with E-state index >= 15 is 0 Å². The lowest BCUT2D eigenvalue weighted by Crippen LogP contribution is -2.17. The van der Waals surface area contributed by atoms with Crippen molar-refractivity contribution in [1.29, 1.82) is 0 Å². The van der Waals surface area contributed by atoms with E-state index in [-0.39, 0.29) is 0 Å². The highest BCUT2D eigenvalue weighted by Gasteiger charge is 2.20. The molecule has 1 aromatic heterocycles. The van der Waals surface area contributed by atoms with E-state index in [0.717, 1.165) is 30.5 Å². The van der Waals surface area contributed by atoms with Crippen molar-refractivity contribution in [2.75, 3.05) is 13.7 Å². The van der Waals surface area contributed by atoms with Crippen LogP contribution in [-0.4, -0.2) is 29.7 Å². The molecule has 0 saturated heterocycles. The zero-order chi connectivity index (χ0) is 10.5. The fourth-order valence-corrected chi connectivity index (χ4v) is 1.39. The van der Waals surface area contributed by atoms with Crippen LogP contribution in [0.15, 0.2) is 12.3 Å². The van der Waals surface area contributed by atoms with Crippen LogP contribution in [0.1, 0.15) is 24.4 Å². The third-order valence-corrected chi connectivity index (χ3v) is 2.44. The van der Waals surface area contributed by atoms with Crippen molar-refractivity contribution in [2.45, 2.75) is 31.8 Å². The van der Waals surface area contributed by atoms with Crippen molar-refractivity contribution >= 4 is 0 Å². The number of hydrogen-bond donors (Lipinski definition) is 1. The molecule has 1 fully saturated rings. The second-order valence-corrected chi connectivity index (χ2v) is 3.86. The van der Waals surface area contributed by atoms with Gasteiger partial charge < -0.3 is 10.1 Å². The normalized spacial score (nSPS) is 15.5. The summed E-state index contributed by atoms with van der Waals surface area (Å²) >= 11 is 0. The van der Waals surface area contributed by atoms with E-state index in [2.05, 4.69) is 15.3 Å². The minimum atomic E-state index is 0.680. The van der Waals surface area contributed by atoms with Gasteiger partial charge in [0.15, 0.2) is 0 Å². The predicted molar refractivity (Wildman–Crippen MR) is 57.5 cm³/mol. The van der Waals surface area contributed by atoms with Gasteiger partial charge in [0.2, 0.25) is 0 Å². The topological polar surface area (TPSA) is 47.0 Å². The highest BCUT2D eigenvalue weighted by molar-refractivity contribution is 5.03. The lowest BCUT2D eigenvalue weighted by Gasteiger charge is -2.04. The Morgan fingerprint density at radius 3 is 3.13 bits per heavy atom. The minimum Gasteiger partial charge on any atom is -0.384 e. The molecule has 4 heteroatoms. The van der Waals surface area contributed by atoms with Crippen LogP contribution in [0.5, 0.6) is 0 Å². The first-order valence-electron chi connectivity index (χ1n) is 5.41. The van der Waals surface area contributed by atoms with E-state index < -0.39 is 0 Å². The Labute approximate surface area is 90.1 Å². The van der Waals surface area contributed by atoms with Crippen molar-refractivity contribution in [3.63, 3.8) is 0 Å². The summed E-state index contributed by atoms with van der Waals surface area (Å²) < 4.78 is 5.00. The number of hydrogen-bond acceptors (Lipinski definition) is 4. The quantitative estimate of drug-likeness (QED) is 0.753. The summed E-state index contributed by atoms with van der Waals surface area (Å²) in [5.41, 5.74) is 1.07. The smallest absolute Gasteiger partial charge is 0.130 e. The van der Waals surface area contributed by atoms with Crippen molar-refractivity contribution in [1.82, 2.24) is 15.3 Å². The average molecular weight is 207 g/mol. The van der Waals surface area contributed by atoms with Gasteiger partial charge in [0.1, 0.15) is 5.82 Å². The Balaban J connectivity index is 1.85. The van der Waals surface area contributed by atoms with Gasteiger partial charge in [-0.3, -0.25) is 0 Å². The van der Waals surface area contributed by atoms with Crippen molar-refractivity contribution in [3.8, 4) is 0 Å². The number of nitrogens with one attached hydrogen (secondary N) is 1. The predicted octanol–water partition coefficient (Wildman–Crippen LogP) is 0.918. The average Bonchev–Trinajstić information content (AvgIpc) is 3.08. The summed E-state index contributed by atoms with van der Waals surface area (Å²) in [7, 11) is 1.69. The molecule has 1 aliphatic carbocycles. The van der Waals surface area contributed by atoms with Crippen molar-refractivity contribution in [2.24, 2.45) is 0 Å². The maximum Gasteiger partial charge on any atom is 0.130 e. The van der Waals surface area contributed by atoms with Gasteiger partial charge in [0, 0.05) is 32.3 Å². The first kappa shape index (κ1) is 10.5. The molecule has 4 nitrogen and oxygen atoms in total. The Bertz CT molecular complexity index is 312. The third-order valence-electron chi connectivity index (χ3n) is 2.44. The highest BCUT2D eigenvalue weighted by Crippen LogP contribution is 2.18. The largest absolute Gasteiger partial charge is 0.384 e. The molecule has 1 aliphatic rings. The number of rotatable bonds is 6. The van der Waals surface area contributed by atoms with Crippen LogP contribution in [-0.2, 0) is 17.7 Å². The van der Waals surface area contributed by atoms with E-state index in [9.17, 15) is 0 Å². The Kier molecular flexibility index (Phi) is 3.64. The monoisotopic (exact) mass is 207 g/mol. The fourth-order valence-electron chi connectivity index (χ4n) is 1.39. The summed E-state index contributed by atoms with van der Waals surface area (Å²) in [6.07, 6.45) is 5.22. The number of methoxy groups -OCH3 is 1. The van der Waals surface area contributed by atoms with E-state index in [0.29, 0.717) is 6.61 Å². The van der Waals surface area contributed by atoms with E-state index in [1.165, 1.54) is 12.8 Å². The molecule has 1 aromatic rings. The van der Waals surface area contributed by atoms with Crippen LogP contribution in [0.25, 0.3) is 0 Å². The maximum absolute atomic E-state index is 5.00. The van der Waals surface area contributed by atoms with Crippen LogP contribution < -0.4 is 5.32 Å². The third kappa shape index (κ3) is 3.57. The van der Waals surface area contributed by atoms with Crippen LogP contribution in [0.4, 0.5) is 0 Å². The summed E-state index contributed by atoms with van der Waals surface area (Å²) in [4.78, 5) is 8.66. The lowest BCUT2D eigenvalue weighted by atomic mass is 10.3. The van der Waals surface area contributed by atoms with Gasteiger partial charge in [0.05, 0.1) is 12.3 Å². The van der Waals surface area contributed by atoms with Crippen LogP contribution >= 0.6 is 0 Å². The van der Waals surface area contributed by atoms with Gasteiger partial charge in [0.25, 0.3) is 0 Å². The molecular formula is C11H17N3O. The Hall–Kier alpha value is -1.00. The molecule has 0 spiro atoms. The molecular weight excluding hydrogens is 190 g/mol. The molecule has 0 bridgehead atoms. The molecule has 1 heterocycles. The molecule has 0 unspecified atom stereocenters. The number of aromatic nitrogens is 2. The Morgan fingerprint density at radius 1 is 1.53 bits per heavy atom. The molecule has 0 radical (unpaired) electrons. The van der Waals surface area contributed by atoms with Crippen LogP contribution in [0, 0.1) is 0 Å². The number of ether oxygens (including phenoxy) is 1. The van der Waals surface area contributed by atoms with Crippen LogP contribution in [0.3, 0.4) is 0 Å². The second kappa shape index (κ2) is 5.19. The van der Waals surface area contributed by atoms with Gasteiger partial charge >= 0.3 is 0 Å². The van der Waals surface area contributed by atoms with E-state index in [1.54, 1.807) is 7.11 Å². The Morgan fingerprint density at radius 2 is 2.40 bits per heavy atom. The first-order valence-corrected chi connectivity index (χ1v) is 5.41. The number of nitrogens with zero attached hydrogens (tertiary/aromatic N) is 2. The minimum absolute atomic E-state index is 0.680. The van der Waals surface area contributed by atoms with Crippen LogP contribution in [0.2, 0.25) is 0 Å². The van der Waals surface area contributed by atoms with E-state index in [4.69, 9.17) is 4.74 Å². The van der Waals surface area contributed by atoms with Crippen molar-refractivity contribution in [3.05, 3.63) is 23.8 Å². The molecule has 15 heavy (non-hydrogen) atoms. The SMILES string of the molecule is COCCc1nccc(CNC2CC2)n1. The van der Waals surface area contributed by atoms with Gasteiger partial charge in [-0.1, -0.05) is 0 Å². The van der Waals surface area contributed by atoms with Gasteiger partial charge in [-0.25, -0.2) is 9.97 Å². The first-order chi connectivity index (χ1) is 7.38. The highest BCUT2D eigenvalue weighted by atomic mass is 16.5.